The Bertz CT molecular complexity index is 1120. The minimum atomic E-state index is -1.12. The quantitative estimate of drug-likeness (QED) is 0.183. The second kappa shape index (κ2) is 13.4. The monoisotopic (exact) mass is 555 g/mol. The van der Waals surface area contributed by atoms with Crippen LogP contribution in [-0.4, -0.2) is 67.2 Å². The van der Waals surface area contributed by atoms with E-state index in [9.17, 15) is 9.59 Å². The molecule has 2 saturated heterocycles. The lowest BCUT2D eigenvalue weighted by molar-refractivity contribution is -0.304. The number of benzene rings is 2. The van der Waals surface area contributed by atoms with Crippen LogP contribution in [0.1, 0.15) is 48.0 Å². The molecule has 2 aromatic rings. The number of amides is 1. The van der Waals surface area contributed by atoms with Gasteiger partial charge >= 0.3 is 5.97 Å². The molecule has 8 nitrogen and oxygen atoms in total. The minimum absolute atomic E-state index is 0.0311. The molecule has 4 rings (SSSR count). The van der Waals surface area contributed by atoms with Gasteiger partial charge in [0.15, 0.2) is 5.79 Å². The molecular weight excluding hydrogens is 518 g/mol. The number of hydrogen-bond acceptors (Lipinski definition) is 8. The zero-order chi connectivity index (χ0) is 27.8. The first-order valence-electron chi connectivity index (χ1n) is 13.2. The van der Waals surface area contributed by atoms with Gasteiger partial charge in [0.25, 0.3) is 5.24 Å². The third-order valence-corrected chi connectivity index (χ3v) is 8.24. The van der Waals surface area contributed by atoms with Crippen LogP contribution in [0, 0.1) is 0 Å². The molecule has 0 saturated carbocycles. The lowest BCUT2D eigenvalue weighted by Gasteiger charge is -2.48. The van der Waals surface area contributed by atoms with E-state index in [2.05, 4.69) is 6.58 Å². The minimum Gasteiger partial charge on any atom is -0.497 e. The van der Waals surface area contributed by atoms with Crippen molar-refractivity contribution in [2.75, 3.05) is 27.1 Å². The molecule has 0 aromatic heterocycles. The van der Waals surface area contributed by atoms with Gasteiger partial charge in [-0.3, -0.25) is 4.79 Å². The van der Waals surface area contributed by atoms with Crippen LogP contribution in [0.25, 0.3) is 0 Å². The van der Waals surface area contributed by atoms with Crippen molar-refractivity contribution in [2.45, 2.75) is 62.7 Å². The number of carbonyl (C=O) groups excluding carboxylic acids is 2. The molecule has 0 spiro atoms. The Kier molecular flexibility index (Phi) is 9.94. The largest absolute Gasteiger partial charge is 0.497 e. The molecule has 210 valence electrons. The van der Waals surface area contributed by atoms with Crippen LogP contribution in [0.5, 0.6) is 11.5 Å². The van der Waals surface area contributed by atoms with Gasteiger partial charge < -0.3 is 28.6 Å². The lowest BCUT2D eigenvalue weighted by Crippen LogP contribution is -2.60. The molecule has 2 fully saturated rings. The lowest BCUT2D eigenvalue weighted by atomic mass is 9.90. The predicted octanol–water partition coefficient (Wildman–Crippen LogP) is 5.84. The summed E-state index contributed by atoms with van der Waals surface area (Å²) in [6.07, 6.45) is 4.63. The Morgan fingerprint density at radius 3 is 2.38 bits per heavy atom. The van der Waals surface area contributed by atoms with Crippen LogP contribution in [0.3, 0.4) is 0 Å². The SMILES string of the molecule is C=CCCCC1CC(OC(=O)c2ccc(OC)cc2)CC(OC)(C2CSC(=O)N2Cc2ccc(OC)cc2)O1. The van der Waals surface area contributed by atoms with Crippen LogP contribution in [0.15, 0.2) is 61.2 Å². The molecule has 39 heavy (non-hydrogen) atoms. The number of methoxy groups -OCH3 is 3. The summed E-state index contributed by atoms with van der Waals surface area (Å²) in [6, 6.07) is 14.1. The van der Waals surface area contributed by atoms with Crippen molar-refractivity contribution >= 4 is 23.0 Å². The first kappa shape index (κ1) is 29.0. The van der Waals surface area contributed by atoms with Crippen LogP contribution < -0.4 is 9.47 Å². The van der Waals surface area contributed by atoms with E-state index >= 15 is 0 Å². The Hall–Kier alpha value is -3.01. The van der Waals surface area contributed by atoms with Crippen LogP contribution in [0.2, 0.25) is 0 Å². The van der Waals surface area contributed by atoms with Gasteiger partial charge in [-0.2, -0.15) is 0 Å². The highest BCUT2D eigenvalue weighted by Crippen LogP contribution is 2.43. The van der Waals surface area contributed by atoms with Crippen molar-refractivity contribution in [1.29, 1.82) is 0 Å². The number of nitrogens with zero attached hydrogens (tertiary/aromatic N) is 1. The molecule has 0 radical (unpaired) electrons. The zero-order valence-electron chi connectivity index (χ0n) is 22.8. The van der Waals surface area contributed by atoms with Crippen LogP contribution >= 0.6 is 11.8 Å². The van der Waals surface area contributed by atoms with Gasteiger partial charge in [0.2, 0.25) is 0 Å². The first-order chi connectivity index (χ1) is 18.9. The van der Waals surface area contributed by atoms with E-state index in [1.165, 1.54) is 11.8 Å². The number of ether oxygens (including phenoxy) is 5. The van der Waals surface area contributed by atoms with Crippen molar-refractivity contribution in [3.63, 3.8) is 0 Å². The highest BCUT2D eigenvalue weighted by Gasteiger charge is 2.54. The number of unbranched alkanes of at least 4 members (excludes halogenated alkanes) is 1. The van der Waals surface area contributed by atoms with E-state index in [4.69, 9.17) is 23.7 Å². The zero-order valence-corrected chi connectivity index (χ0v) is 23.6. The number of thioether (sulfide) groups is 1. The van der Waals surface area contributed by atoms with E-state index in [-0.39, 0.29) is 17.4 Å². The Balaban J connectivity index is 1.56. The normalized spacial score (nSPS) is 24.8. The van der Waals surface area contributed by atoms with E-state index in [0.29, 0.717) is 36.5 Å². The Labute approximate surface area is 234 Å². The second-order valence-corrected chi connectivity index (χ2v) is 10.7. The van der Waals surface area contributed by atoms with Crippen molar-refractivity contribution in [1.82, 2.24) is 4.90 Å². The molecule has 2 aliphatic heterocycles. The predicted molar refractivity (Wildman–Crippen MR) is 150 cm³/mol. The summed E-state index contributed by atoms with van der Waals surface area (Å²) in [7, 11) is 4.81. The smallest absolute Gasteiger partial charge is 0.338 e. The molecule has 4 atom stereocenters. The molecule has 0 N–H and O–H groups in total. The average Bonchev–Trinajstić information content (AvgIpc) is 3.33. The topological polar surface area (TPSA) is 83.5 Å². The summed E-state index contributed by atoms with van der Waals surface area (Å²) in [4.78, 5) is 27.9. The fraction of sp³-hybridized carbons (Fsp3) is 0.467. The fourth-order valence-corrected chi connectivity index (χ4v) is 6.27. The Morgan fingerprint density at radius 1 is 1.10 bits per heavy atom. The van der Waals surface area contributed by atoms with Crippen molar-refractivity contribution in [3.05, 3.63) is 72.3 Å². The maximum Gasteiger partial charge on any atom is 0.338 e. The molecule has 2 aliphatic rings. The third kappa shape index (κ3) is 6.96. The molecular formula is C30H37NO7S. The van der Waals surface area contributed by atoms with Crippen molar-refractivity contribution in [2.24, 2.45) is 0 Å². The first-order valence-corrected chi connectivity index (χ1v) is 14.1. The summed E-state index contributed by atoms with van der Waals surface area (Å²) in [5.74, 6) is 0.407. The van der Waals surface area contributed by atoms with Gasteiger partial charge in [0, 0.05) is 32.2 Å². The molecule has 0 bridgehead atoms. The number of hydrogen-bond donors (Lipinski definition) is 0. The number of esters is 1. The van der Waals surface area contributed by atoms with E-state index in [1.54, 1.807) is 45.6 Å². The summed E-state index contributed by atoms with van der Waals surface area (Å²) >= 11 is 1.26. The second-order valence-electron chi connectivity index (χ2n) is 9.74. The molecule has 9 heteroatoms. The summed E-state index contributed by atoms with van der Waals surface area (Å²) in [5.41, 5.74) is 1.42. The molecule has 1 amide bonds. The van der Waals surface area contributed by atoms with Crippen molar-refractivity contribution < 1.29 is 33.3 Å². The van der Waals surface area contributed by atoms with E-state index < -0.39 is 17.9 Å². The van der Waals surface area contributed by atoms with Crippen LogP contribution in [0.4, 0.5) is 4.79 Å². The third-order valence-electron chi connectivity index (χ3n) is 7.28. The summed E-state index contributed by atoms with van der Waals surface area (Å²) in [5, 5.41) is -0.0311. The van der Waals surface area contributed by atoms with Gasteiger partial charge in [-0.15, -0.1) is 6.58 Å². The fourth-order valence-electron chi connectivity index (χ4n) is 5.17. The molecule has 2 heterocycles. The van der Waals surface area contributed by atoms with Gasteiger partial charge in [0.1, 0.15) is 17.6 Å². The summed E-state index contributed by atoms with van der Waals surface area (Å²) < 4.78 is 29.3. The number of rotatable bonds is 12. The van der Waals surface area contributed by atoms with E-state index in [1.807, 2.05) is 35.2 Å². The van der Waals surface area contributed by atoms with Crippen molar-refractivity contribution in [3.8, 4) is 11.5 Å². The molecule has 4 unspecified atom stereocenters. The van der Waals surface area contributed by atoms with Gasteiger partial charge in [-0.25, -0.2) is 4.79 Å². The number of allylic oxidation sites excluding steroid dienone is 1. The molecule has 2 aromatic carbocycles. The maximum atomic E-state index is 13.1. The van der Waals surface area contributed by atoms with Gasteiger partial charge in [-0.1, -0.05) is 30.0 Å². The van der Waals surface area contributed by atoms with E-state index in [0.717, 1.165) is 30.6 Å². The summed E-state index contributed by atoms with van der Waals surface area (Å²) in [6.45, 7) is 4.23. The van der Waals surface area contributed by atoms with Gasteiger partial charge in [0.05, 0.1) is 31.9 Å². The van der Waals surface area contributed by atoms with Gasteiger partial charge in [-0.05, 0) is 61.2 Å². The average molecular weight is 556 g/mol. The highest BCUT2D eigenvalue weighted by molar-refractivity contribution is 8.13. The molecule has 0 aliphatic carbocycles. The number of carbonyl (C=O) groups is 2. The highest BCUT2D eigenvalue weighted by atomic mass is 32.2. The van der Waals surface area contributed by atoms with Crippen LogP contribution in [-0.2, 0) is 20.8 Å². The standard InChI is InChI=1S/C30H37NO7S/c1-5-6-7-8-25-17-26(37-28(32)22-11-15-24(35-3)16-12-22)18-30(36-4,38-25)27-20-39-29(33)31(27)19-21-9-13-23(34-2)14-10-21/h5,9-16,25-27H,1,6-8,17-20H2,2-4H3. The maximum absolute atomic E-state index is 13.1. The Morgan fingerprint density at radius 2 is 1.77 bits per heavy atom.